The molecule has 1 amide bonds. The number of nitrogens with one attached hydrogen (secondary N) is 2. The lowest BCUT2D eigenvalue weighted by molar-refractivity contribution is -0.384. The minimum atomic E-state index is -0.547. The van der Waals surface area contributed by atoms with Crippen LogP contribution in [0.5, 0.6) is 0 Å². The van der Waals surface area contributed by atoms with Crippen LogP contribution >= 0.6 is 23.8 Å². The number of furan rings is 1. The van der Waals surface area contributed by atoms with Gasteiger partial charge in [0.1, 0.15) is 5.76 Å². The highest BCUT2D eigenvalue weighted by Crippen LogP contribution is 2.30. The Kier molecular flexibility index (Phi) is 7.11. The lowest BCUT2D eigenvalue weighted by Crippen LogP contribution is -2.44. The summed E-state index contributed by atoms with van der Waals surface area (Å²) in [6.07, 6.45) is 0. The van der Waals surface area contributed by atoms with Crippen molar-refractivity contribution in [1.29, 1.82) is 0 Å². The lowest BCUT2D eigenvalue weighted by Gasteiger charge is -2.34. The van der Waals surface area contributed by atoms with Crippen LogP contribution in [0, 0.1) is 10.1 Å². The highest BCUT2D eigenvalue weighted by molar-refractivity contribution is 7.80. The number of nitrogens with zero attached hydrogens (tertiary/aromatic N) is 3. The maximum atomic E-state index is 12.5. The second-order valence-corrected chi connectivity index (χ2v) is 8.65. The fourth-order valence-electron chi connectivity index (χ4n) is 3.60. The number of likely N-dealkylation sites (N-methyl/N-ethyl adjacent to an activating group) is 1. The molecule has 0 aliphatic carbocycles. The Bertz CT molecular complexity index is 1240. The van der Waals surface area contributed by atoms with Crippen LogP contribution in [-0.4, -0.2) is 54.1 Å². The van der Waals surface area contributed by atoms with E-state index >= 15 is 0 Å². The van der Waals surface area contributed by atoms with Crippen molar-refractivity contribution in [3.8, 4) is 11.3 Å². The van der Waals surface area contributed by atoms with Crippen molar-refractivity contribution in [1.82, 2.24) is 10.2 Å². The van der Waals surface area contributed by atoms with Gasteiger partial charge in [-0.1, -0.05) is 23.7 Å². The standard InChI is InChI=1S/C23H22ClN5O4S/c1-27-9-11-28(12-10-27)19-6-5-16(14-18(19)24)25-23(34)26-22(30)21-8-7-20(33-21)15-3-2-4-17(13-15)29(31)32/h2-8,13-14H,9-12H2,1H3,(H2,25,26,30,34). The lowest BCUT2D eigenvalue weighted by atomic mass is 10.1. The van der Waals surface area contributed by atoms with E-state index in [1.807, 2.05) is 12.1 Å². The first-order valence-electron chi connectivity index (χ1n) is 10.5. The zero-order valence-corrected chi connectivity index (χ0v) is 19.9. The van der Waals surface area contributed by atoms with Gasteiger partial charge in [0.2, 0.25) is 0 Å². The Morgan fingerprint density at radius 1 is 1.12 bits per heavy atom. The molecule has 0 saturated carbocycles. The summed E-state index contributed by atoms with van der Waals surface area (Å²) in [7, 11) is 2.10. The molecule has 1 fully saturated rings. The van der Waals surface area contributed by atoms with Gasteiger partial charge < -0.3 is 19.5 Å². The first kappa shape index (κ1) is 23.7. The van der Waals surface area contributed by atoms with Crippen LogP contribution in [-0.2, 0) is 0 Å². The van der Waals surface area contributed by atoms with Gasteiger partial charge in [0.25, 0.3) is 11.6 Å². The predicted octanol–water partition coefficient (Wildman–Crippen LogP) is 4.39. The number of rotatable bonds is 5. The Labute approximate surface area is 206 Å². The van der Waals surface area contributed by atoms with E-state index in [4.69, 9.17) is 28.2 Å². The Morgan fingerprint density at radius 3 is 2.59 bits per heavy atom. The van der Waals surface area contributed by atoms with Crippen LogP contribution in [0.3, 0.4) is 0 Å². The molecule has 3 aromatic rings. The molecular weight excluding hydrogens is 478 g/mol. The summed E-state index contributed by atoms with van der Waals surface area (Å²) in [4.78, 5) is 27.5. The quantitative estimate of drug-likeness (QED) is 0.302. The molecule has 1 aliphatic heterocycles. The predicted molar refractivity (Wildman–Crippen MR) is 136 cm³/mol. The number of nitro groups is 1. The minimum absolute atomic E-state index is 0.0223. The Balaban J connectivity index is 1.37. The number of benzene rings is 2. The third kappa shape index (κ3) is 5.53. The van der Waals surface area contributed by atoms with E-state index in [1.165, 1.54) is 18.2 Å². The molecule has 2 N–H and O–H groups in total. The summed E-state index contributed by atoms with van der Waals surface area (Å²) in [5, 5.41) is 17.2. The molecule has 0 unspecified atom stereocenters. The van der Waals surface area contributed by atoms with Gasteiger partial charge in [-0.05, 0) is 49.6 Å². The fraction of sp³-hybridized carbons (Fsp3) is 0.217. The van der Waals surface area contributed by atoms with Crippen molar-refractivity contribution in [3.05, 3.63) is 75.5 Å². The third-order valence-electron chi connectivity index (χ3n) is 5.45. The highest BCUT2D eigenvalue weighted by Gasteiger charge is 2.18. The van der Waals surface area contributed by atoms with Gasteiger partial charge in [-0.25, -0.2) is 0 Å². The zero-order chi connectivity index (χ0) is 24.2. The second-order valence-electron chi connectivity index (χ2n) is 7.84. The van der Waals surface area contributed by atoms with Gasteiger partial charge in [-0.3, -0.25) is 20.2 Å². The summed E-state index contributed by atoms with van der Waals surface area (Å²) >= 11 is 11.7. The average molecular weight is 500 g/mol. The van der Waals surface area contributed by atoms with Crippen molar-refractivity contribution in [2.24, 2.45) is 0 Å². The molecule has 34 heavy (non-hydrogen) atoms. The minimum Gasteiger partial charge on any atom is -0.451 e. The molecule has 0 atom stereocenters. The normalized spacial score (nSPS) is 14.0. The number of carbonyl (C=O) groups excluding carboxylic acids is 1. The molecule has 4 rings (SSSR count). The number of hydrogen-bond acceptors (Lipinski definition) is 7. The maximum absolute atomic E-state index is 12.5. The van der Waals surface area contributed by atoms with Crippen LogP contribution in [0.1, 0.15) is 10.6 Å². The van der Waals surface area contributed by atoms with Crippen LogP contribution in [0.25, 0.3) is 11.3 Å². The molecule has 0 spiro atoms. The first-order valence-corrected chi connectivity index (χ1v) is 11.3. The van der Waals surface area contributed by atoms with Crippen LogP contribution < -0.4 is 15.5 Å². The zero-order valence-electron chi connectivity index (χ0n) is 18.3. The fourth-order valence-corrected chi connectivity index (χ4v) is 4.11. The van der Waals surface area contributed by atoms with Crippen LogP contribution in [0.4, 0.5) is 17.1 Å². The first-order chi connectivity index (χ1) is 16.3. The van der Waals surface area contributed by atoms with Gasteiger partial charge in [0.05, 0.1) is 15.6 Å². The summed E-state index contributed by atoms with van der Waals surface area (Å²) in [5.74, 6) is -0.192. The molecule has 1 saturated heterocycles. The molecule has 11 heteroatoms. The molecular formula is C23H22ClN5O4S. The number of non-ortho nitro benzene ring substituents is 1. The highest BCUT2D eigenvalue weighted by atomic mass is 35.5. The number of hydrogen-bond donors (Lipinski definition) is 2. The molecule has 2 aromatic carbocycles. The number of carbonyl (C=O) groups is 1. The van der Waals surface area contributed by atoms with Gasteiger partial charge >= 0.3 is 0 Å². The smallest absolute Gasteiger partial charge is 0.293 e. The van der Waals surface area contributed by atoms with E-state index in [9.17, 15) is 14.9 Å². The van der Waals surface area contributed by atoms with E-state index in [0.29, 0.717) is 22.0 Å². The molecule has 2 heterocycles. The molecule has 9 nitrogen and oxygen atoms in total. The summed E-state index contributed by atoms with van der Waals surface area (Å²) in [6.45, 7) is 3.75. The van der Waals surface area contributed by atoms with Crippen LogP contribution in [0.15, 0.2) is 59.0 Å². The van der Waals surface area contributed by atoms with Crippen molar-refractivity contribution in [3.63, 3.8) is 0 Å². The van der Waals surface area contributed by atoms with Gasteiger partial charge in [-0.15, -0.1) is 0 Å². The van der Waals surface area contributed by atoms with E-state index in [1.54, 1.807) is 24.3 Å². The number of amides is 1. The van der Waals surface area contributed by atoms with Gasteiger partial charge in [0, 0.05) is 49.6 Å². The molecule has 176 valence electrons. The monoisotopic (exact) mass is 499 g/mol. The summed E-state index contributed by atoms with van der Waals surface area (Å²) in [5.41, 5.74) is 2.02. The summed E-state index contributed by atoms with van der Waals surface area (Å²) < 4.78 is 5.57. The largest absolute Gasteiger partial charge is 0.451 e. The Hall–Kier alpha value is -3.47. The van der Waals surface area contributed by atoms with Gasteiger partial charge in [-0.2, -0.15) is 0 Å². The SMILES string of the molecule is CN1CCN(c2ccc(NC(=S)NC(=O)c3ccc(-c4cccc([N+](=O)[O-])c4)o3)cc2Cl)CC1. The van der Waals surface area contributed by atoms with Crippen molar-refractivity contribution >= 4 is 51.9 Å². The summed E-state index contributed by atoms with van der Waals surface area (Å²) in [6, 6.07) is 14.6. The second kappa shape index (κ2) is 10.2. The number of halogens is 1. The number of nitro benzene ring substituents is 1. The van der Waals surface area contributed by atoms with Crippen molar-refractivity contribution < 1.29 is 14.1 Å². The molecule has 0 bridgehead atoms. The van der Waals surface area contributed by atoms with E-state index in [2.05, 4.69) is 27.5 Å². The van der Waals surface area contributed by atoms with Crippen LogP contribution in [0.2, 0.25) is 5.02 Å². The van der Waals surface area contributed by atoms with E-state index in [0.717, 1.165) is 31.9 Å². The molecule has 1 aliphatic rings. The van der Waals surface area contributed by atoms with E-state index in [-0.39, 0.29) is 16.6 Å². The number of thiocarbonyl (C=S) groups is 1. The topological polar surface area (TPSA) is 104 Å². The Morgan fingerprint density at radius 2 is 1.88 bits per heavy atom. The maximum Gasteiger partial charge on any atom is 0.293 e. The average Bonchev–Trinajstić information content (AvgIpc) is 3.31. The number of piperazine rings is 1. The van der Waals surface area contributed by atoms with Crippen molar-refractivity contribution in [2.75, 3.05) is 43.4 Å². The number of anilines is 2. The van der Waals surface area contributed by atoms with Gasteiger partial charge in [0.15, 0.2) is 10.9 Å². The van der Waals surface area contributed by atoms with Crippen molar-refractivity contribution in [2.45, 2.75) is 0 Å². The molecule has 1 aromatic heterocycles. The third-order valence-corrected chi connectivity index (χ3v) is 5.95. The van der Waals surface area contributed by atoms with E-state index < -0.39 is 10.8 Å². The molecule has 0 radical (unpaired) electrons.